The quantitative estimate of drug-likeness (QED) is 0.186. The Labute approximate surface area is 239 Å². The van der Waals surface area contributed by atoms with E-state index < -0.39 is 11.9 Å². The summed E-state index contributed by atoms with van der Waals surface area (Å²) in [6, 6.07) is 32.3. The van der Waals surface area contributed by atoms with Gasteiger partial charge in [0.05, 0.1) is 5.92 Å². The standard InChI is InChI=1S/C34H30N2O5/c1-22(2)24-8-12-27(13-9-24)39-21-32(37)40-28-16-17-29-31(18-28)41-34(36)30(19-35)33(29)25-10-14-26(15-11-25)38-20-23-6-4-3-5-7-23/h3-18,22,33H,20-21,36H2,1-2H3. The van der Waals surface area contributed by atoms with Crippen molar-refractivity contribution >= 4 is 5.97 Å². The van der Waals surface area contributed by atoms with Crippen LogP contribution in [-0.2, 0) is 11.4 Å². The first-order valence-electron chi connectivity index (χ1n) is 13.3. The zero-order chi connectivity index (χ0) is 28.8. The monoisotopic (exact) mass is 546 g/mol. The zero-order valence-corrected chi connectivity index (χ0v) is 22.9. The summed E-state index contributed by atoms with van der Waals surface area (Å²) in [5.41, 5.74) is 10.3. The Bertz CT molecular complexity index is 1590. The van der Waals surface area contributed by atoms with E-state index in [0.29, 0.717) is 35.3 Å². The molecule has 0 amide bonds. The van der Waals surface area contributed by atoms with Gasteiger partial charge < -0.3 is 24.7 Å². The van der Waals surface area contributed by atoms with Crippen LogP contribution in [-0.4, -0.2) is 12.6 Å². The molecule has 206 valence electrons. The Morgan fingerprint density at radius 3 is 2.24 bits per heavy atom. The van der Waals surface area contributed by atoms with Gasteiger partial charge in [-0.05, 0) is 52.9 Å². The summed E-state index contributed by atoms with van der Waals surface area (Å²) in [4.78, 5) is 12.5. The van der Waals surface area contributed by atoms with Gasteiger partial charge in [0.25, 0.3) is 0 Å². The van der Waals surface area contributed by atoms with E-state index in [4.69, 9.17) is 24.7 Å². The predicted molar refractivity (Wildman–Crippen MR) is 155 cm³/mol. The molecule has 1 heterocycles. The van der Waals surface area contributed by atoms with E-state index in [-0.39, 0.29) is 18.2 Å². The first-order valence-corrected chi connectivity index (χ1v) is 13.3. The minimum Gasteiger partial charge on any atom is -0.489 e. The van der Waals surface area contributed by atoms with Crippen LogP contribution in [0.4, 0.5) is 0 Å². The van der Waals surface area contributed by atoms with Gasteiger partial charge in [0.1, 0.15) is 41.2 Å². The lowest BCUT2D eigenvalue weighted by Crippen LogP contribution is -2.21. The third-order valence-electron chi connectivity index (χ3n) is 6.79. The van der Waals surface area contributed by atoms with Crippen LogP contribution < -0.4 is 24.7 Å². The van der Waals surface area contributed by atoms with Gasteiger partial charge in [-0.2, -0.15) is 5.26 Å². The highest BCUT2D eigenvalue weighted by molar-refractivity contribution is 5.74. The molecule has 7 heteroatoms. The molecule has 4 aromatic carbocycles. The van der Waals surface area contributed by atoms with Crippen molar-refractivity contribution in [3.63, 3.8) is 0 Å². The van der Waals surface area contributed by atoms with E-state index in [0.717, 1.165) is 16.7 Å². The van der Waals surface area contributed by atoms with Crippen molar-refractivity contribution in [2.75, 3.05) is 6.61 Å². The van der Waals surface area contributed by atoms with Gasteiger partial charge in [0.15, 0.2) is 6.61 Å². The summed E-state index contributed by atoms with van der Waals surface area (Å²) in [7, 11) is 0. The first kappa shape index (κ1) is 27.4. The molecule has 0 radical (unpaired) electrons. The molecule has 0 fully saturated rings. The Morgan fingerprint density at radius 2 is 1.56 bits per heavy atom. The second kappa shape index (κ2) is 12.3. The van der Waals surface area contributed by atoms with Crippen molar-refractivity contribution in [2.45, 2.75) is 32.3 Å². The van der Waals surface area contributed by atoms with Crippen molar-refractivity contribution in [1.82, 2.24) is 0 Å². The van der Waals surface area contributed by atoms with Gasteiger partial charge in [-0.25, -0.2) is 4.79 Å². The number of hydrogen-bond acceptors (Lipinski definition) is 7. The maximum Gasteiger partial charge on any atom is 0.349 e. The molecule has 0 aliphatic carbocycles. The number of carbonyl (C=O) groups excluding carboxylic acids is 1. The molecule has 1 atom stereocenters. The van der Waals surface area contributed by atoms with Crippen molar-refractivity contribution in [2.24, 2.45) is 5.73 Å². The summed E-state index contributed by atoms with van der Waals surface area (Å²) in [5, 5.41) is 9.88. The van der Waals surface area contributed by atoms with E-state index in [1.165, 1.54) is 5.56 Å². The van der Waals surface area contributed by atoms with Gasteiger partial charge in [0.2, 0.25) is 5.88 Å². The Hall–Kier alpha value is -5.22. The number of benzene rings is 4. The number of rotatable bonds is 9. The number of ether oxygens (including phenoxy) is 4. The number of nitriles is 1. The molecule has 0 aromatic heterocycles. The summed E-state index contributed by atoms with van der Waals surface area (Å²) in [6.45, 7) is 4.43. The third-order valence-corrected chi connectivity index (χ3v) is 6.79. The maximum atomic E-state index is 12.5. The van der Waals surface area contributed by atoms with Crippen LogP contribution in [0, 0.1) is 11.3 Å². The van der Waals surface area contributed by atoms with E-state index in [9.17, 15) is 10.1 Å². The number of nitrogens with two attached hydrogens (primary N) is 1. The fraction of sp³-hybridized carbons (Fsp3) is 0.176. The van der Waals surface area contributed by atoms with Crippen LogP contribution >= 0.6 is 0 Å². The van der Waals surface area contributed by atoms with Crippen LogP contribution in [0.15, 0.2) is 109 Å². The average Bonchev–Trinajstić information content (AvgIpc) is 2.99. The summed E-state index contributed by atoms with van der Waals surface area (Å²) in [6.07, 6.45) is 0. The molecule has 5 rings (SSSR count). The third kappa shape index (κ3) is 6.51. The minimum atomic E-state index is -0.558. The normalized spacial score (nSPS) is 14.0. The number of carbonyl (C=O) groups is 1. The van der Waals surface area contributed by atoms with E-state index in [1.807, 2.05) is 78.9 Å². The summed E-state index contributed by atoms with van der Waals surface area (Å²) < 4.78 is 22.7. The van der Waals surface area contributed by atoms with E-state index in [1.54, 1.807) is 18.2 Å². The summed E-state index contributed by atoms with van der Waals surface area (Å²) in [5.74, 6) is 1.39. The van der Waals surface area contributed by atoms with Crippen molar-refractivity contribution in [3.8, 4) is 29.1 Å². The van der Waals surface area contributed by atoms with Crippen molar-refractivity contribution in [1.29, 1.82) is 5.26 Å². The van der Waals surface area contributed by atoms with Crippen LogP contribution in [0.3, 0.4) is 0 Å². The number of fused-ring (bicyclic) bond motifs is 1. The molecular formula is C34H30N2O5. The Morgan fingerprint density at radius 1 is 0.902 bits per heavy atom. The molecule has 0 spiro atoms. The lowest BCUT2D eigenvalue weighted by atomic mass is 9.83. The predicted octanol–water partition coefficient (Wildman–Crippen LogP) is 6.59. The lowest BCUT2D eigenvalue weighted by molar-refractivity contribution is -0.136. The van der Waals surface area contributed by atoms with E-state index >= 15 is 0 Å². The van der Waals surface area contributed by atoms with Crippen LogP contribution in [0.1, 0.15) is 47.9 Å². The summed E-state index contributed by atoms with van der Waals surface area (Å²) >= 11 is 0. The van der Waals surface area contributed by atoms with Crippen LogP contribution in [0.2, 0.25) is 0 Å². The van der Waals surface area contributed by atoms with Gasteiger partial charge in [-0.15, -0.1) is 0 Å². The molecule has 0 saturated carbocycles. The van der Waals surface area contributed by atoms with Gasteiger partial charge in [-0.1, -0.05) is 74.5 Å². The highest BCUT2D eigenvalue weighted by Gasteiger charge is 2.31. The second-order valence-corrected chi connectivity index (χ2v) is 9.95. The van der Waals surface area contributed by atoms with Crippen molar-refractivity contribution < 1.29 is 23.7 Å². The number of hydrogen-bond donors (Lipinski definition) is 1. The number of esters is 1. The molecule has 7 nitrogen and oxygen atoms in total. The molecule has 4 aromatic rings. The van der Waals surface area contributed by atoms with E-state index in [2.05, 4.69) is 19.9 Å². The second-order valence-electron chi connectivity index (χ2n) is 9.95. The maximum absolute atomic E-state index is 12.5. The van der Waals surface area contributed by atoms with Gasteiger partial charge in [0, 0.05) is 11.6 Å². The molecule has 2 N–H and O–H groups in total. The fourth-order valence-electron chi connectivity index (χ4n) is 4.59. The average molecular weight is 547 g/mol. The molecular weight excluding hydrogens is 516 g/mol. The van der Waals surface area contributed by atoms with Gasteiger partial charge in [-0.3, -0.25) is 0 Å². The molecule has 0 saturated heterocycles. The van der Waals surface area contributed by atoms with Crippen LogP contribution in [0.25, 0.3) is 0 Å². The molecule has 1 unspecified atom stereocenters. The minimum absolute atomic E-state index is 0.00561. The van der Waals surface area contributed by atoms with Gasteiger partial charge >= 0.3 is 5.97 Å². The number of nitrogens with zero attached hydrogens (tertiary/aromatic N) is 1. The zero-order valence-electron chi connectivity index (χ0n) is 22.9. The van der Waals surface area contributed by atoms with Crippen molar-refractivity contribution in [3.05, 3.63) is 131 Å². The Balaban J connectivity index is 1.27. The number of allylic oxidation sites excluding steroid dienone is 1. The fourth-order valence-corrected chi connectivity index (χ4v) is 4.59. The Kier molecular flexibility index (Phi) is 8.21. The highest BCUT2D eigenvalue weighted by atomic mass is 16.6. The topological polar surface area (TPSA) is 104 Å². The highest BCUT2D eigenvalue weighted by Crippen LogP contribution is 2.43. The molecule has 1 aliphatic rings. The smallest absolute Gasteiger partial charge is 0.349 e. The molecule has 0 bridgehead atoms. The SMILES string of the molecule is CC(C)c1ccc(OCC(=O)Oc2ccc3c(c2)OC(N)=C(C#N)C3c2ccc(OCc3ccccc3)cc2)cc1. The molecule has 41 heavy (non-hydrogen) atoms. The lowest BCUT2D eigenvalue weighted by Gasteiger charge is -2.26. The first-order chi connectivity index (χ1) is 19.9. The van der Waals surface area contributed by atoms with Crippen LogP contribution in [0.5, 0.6) is 23.0 Å². The molecule has 1 aliphatic heterocycles. The largest absolute Gasteiger partial charge is 0.489 e.